The lowest BCUT2D eigenvalue weighted by Gasteiger charge is -2.19. The van der Waals surface area contributed by atoms with Crippen molar-refractivity contribution in [3.8, 4) is 11.1 Å². The third-order valence-corrected chi connectivity index (χ3v) is 9.74. The molecule has 8 aromatic carbocycles. The van der Waals surface area contributed by atoms with Crippen molar-refractivity contribution >= 4 is 60.0 Å². The highest BCUT2D eigenvalue weighted by atomic mass is 16.3. The number of furan rings is 1. The Labute approximate surface area is 284 Å². The third kappa shape index (κ3) is 5.31. The predicted molar refractivity (Wildman–Crippen MR) is 206 cm³/mol. The number of hydrogen-bond acceptors (Lipinski definition) is 3. The van der Waals surface area contributed by atoms with Crippen LogP contribution >= 0.6 is 0 Å². The molecule has 0 aliphatic rings. The Kier molecular flexibility index (Phi) is 7.18. The summed E-state index contributed by atoms with van der Waals surface area (Å²) in [5.74, 6) is 0. The lowest BCUT2D eigenvalue weighted by molar-refractivity contribution is 0.665. The molecule has 3 heteroatoms. The molecule has 1 unspecified atom stereocenters. The first kappa shape index (κ1) is 29.0. The van der Waals surface area contributed by atoms with Crippen LogP contribution in [-0.4, -0.2) is 0 Å². The van der Waals surface area contributed by atoms with E-state index in [2.05, 4.69) is 139 Å². The zero-order chi connectivity index (χ0) is 32.7. The number of nitrogens with two attached hydrogens (primary N) is 1. The minimum absolute atomic E-state index is 0.361. The standard InChI is InChI=1S/C46H34N2O/c47-46(33-10-2-1-3-11-33)48-42(27-25-32-14-8-19-44-45(32)40-15-6-7-18-43(40)49-44)31-22-20-30(21-23-31)37-16-9-17-38-39(37)26-24-36-28-34-12-4-5-13-35(34)29-41(36)38/h1-24,26-29,46,48H,25,47H2/b42-27-. The number of allylic oxidation sites excluding steroid dienone is 1. The quantitative estimate of drug-likeness (QED) is 0.105. The maximum absolute atomic E-state index is 6.75. The minimum atomic E-state index is -0.361. The van der Waals surface area contributed by atoms with Crippen LogP contribution in [0, 0.1) is 0 Å². The van der Waals surface area contributed by atoms with Crippen LogP contribution in [0.3, 0.4) is 0 Å². The van der Waals surface area contributed by atoms with Crippen molar-refractivity contribution < 1.29 is 4.42 Å². The van der Waals surface area contributed by atoms with Crippen LogP contribution in [0.1, 0.15) is 22.9 Å². The summed E-state index contributed by atoms with van der Waals surface area (Å²) in [6.07, 6.45) is 2.61. The van der Waals surface area contributed by atoms with Crippen LogP contribution in [0.5, 0.6) is 0 Å². The average molecular weight is 631 g/mol. The molecule has 0 fully saturated rings. The Bertz CT molecular complexity index is 2670. The van der Waals surface area contributed by atoms with Crippen molar-refractivity contribution in [3.05, 3.63) is 187 Å². The van der Waals surface area contributed by atoms with Gasteiger partial charge in [0.2, 0.25) is 0 Å². The van der Waals surface area contributed by atoms with E-state index in [9.17, 15) is 0 Å². The van der Waals surface area contributed by atoms with Crippen molar-refractivity contribution in [1.82, 2.24) is 5.32 Å². The van der Waals surface area contributed by atoms with Gasteiger partial charge in [0.05, 0.1) is 0 Å². The van der Waals surface area contributed by atoms with E-state index in [1.54, 1.807) is 0 Å². The Morgan fingerprint density at radius 2 is 1.29 bits per heavy atom. The van der Waals surface area contributed by atoms with E-state index in [-0.39, 0.29) is 6.17 Å². The molecule has 49 heavy (non-hydrogen) atoms. The van der Waals surface area contributed by atoms with Gasteiger partial charge in [-0.05, 0) is 90.8 Å². The molecule has 0 saturated carbocycles. The second-order valence-electron chi connectivity index (χ2n) is 12.7. The molecule has 3 nitrogen and oxygen atoms in total. The maximum Gasteiger partial charge on any atom is 0.135 e. The summed E-state index contributed by atoms with van der Waals surface area (Å²) in [5, 5.41) is 13.5. The fraction of sp³-hybridized carbons (Fsp3) is 0.0435. The van der Waals surface area contributed by atoms with Crippen LogP contribution in [-0.2, 0) is 6.42 Å². The number of fused-ring (bicyclic) bond motifs is 7. The van der Waals surface area contributed by atoms with E-state index < -0.39 is 0 Å². The van der Waals surface area contributed by atoms with Crippen molar-refractivity contribution in [2.45, 2.75) is 12.6 Å². The summed E-state index contributed by atoms with van der Waals surface area (Å²) in [6.45, 7) is 0. The molecule has 1 atom stereocenters. The Morgan fingerprint density at radius 3 is 2.14 bits per heavy atom. The minimum Gasteiger partial charge on any atom is -0.456 e. The predicted octanol–water partition coefficient (Wildman–Crippen LogP) is 11.5. The smallest absolute Gasteiger partial charge is 0.135 e. The fourth-order valence-electron chi connectivity index (χ4n) is 7.26. The zero-order valence-corrected chi connectivity index (χ0v) is 26.9. The molecule has 9 aromatic rings. The molecule has 0 aliphatic carbocycles. The monoisotopic (exact) mass is 630 g/mol. The van der Waals surface area contributed by atoms with Crippen LogP contribution in [0.4, 0.5) is 0 Å². The molecular weight excluding hydrogens is 597 g/mol. The number of rotatable bonds is 7. The highest BCUT2D eigenvalue weighted by Gasteiger charge is 2.14. The summed E-state index contributed by atoms with van der Waals surface area (Å²) < 4.78 is 6.18. The topological polar surface area (TPSA) is 51.2 Å². The molecule has 234 valence electrons. The largest absolute Gasteiger partial charge is 0.456 e. The summed E-state index contributed by atoms with van der Waals surface area (Å²) >= 11 is 0. The van der Waals surface area contributed by atoms with Crippen LogP contribution in [0.25, 0.3) is 71.1 Å². The normalized spacial score (nSPS) is 12.7. The molecule has 9 rings (SSSR count). The van der Waals surface area contributed by atoms with Gasteiger partial charge in [0.1, 0.15) is 17.3 Å². The molecular formula is C46H34N2O. The van der Waals surface area contributed by atoms with Gasteiger partial charge >= 0.3 is 0 Å². The summed E-state index contributed by atoms with van der Waals surface area (Å²) in [5.41, 5.74) is 15.3. The Morgan fingerprint density at radius 1 is 0.571 bits per heavy atom. The Balaban J connectivity index is 1.10. The number of hydrogen-bond donors (Lipinski definition) is 2. The first-order chi connectivity index (χ1) is 24.2. The third-order valence-electron chi connectivity index (χ3n) is 9.74. The number of para-hydroxylation sites is 1. The number of benzene rings is 8. The fourth-order valence-corrected chi connectivity index (χ4v) is 7.26. The molecule has 0 saturated heterocycles. The first-order valence-electron chi connectivity index (χ1n) is 16.8. The van der Waals surface area contributed by atoms with E-state index in [4.69, 9.17) is 10.2 Å². The second kappa shape index (κ2) is 12.1. The lowest BCUT2D eigenvalue weighted by atomic mass is 9.93. The van der Waals surface area contributed by atoms with Gasteiger partial charge in [-0.1, -0.05) is 146 Å². The van der Waals surface area contributed by atoms with Crippen molar-refractivity contribution in [1.29, 1.82) is 0 Å². The molecule has 0 spiro atoms. The first-order valence-corrected chi connectivity index (χ1v) is 16.8. The molecule has 3 N–H and O–H groups in total. The van der Waals surface area contributed by atoms with Crippen LogP contribution < -0.4 is 11.1 Å². The van der Waals surface area contributed by atoms with Gasteiger partial charge in [-0.3, -0.25) is 0 Å². The van der Waals surface area contributed by atoms with Crippen molar-refractivity contribution in [2.24, 2.45) is 5.73 Å². The van der Waals surface area contributed by atoms with Gasteiger partial charge in [0.15, 0.2) is 0 Å². The van der Waals surface area contributed by atoms with Gasteiger partial charge in [0, 0.05) is 16.5 Å². The van der Waals surface area contributed by atoms with Crippen LogP contribution in [0.15, 0.2) is 174 Å². The molecule has 0 bridgehead atoms. The second-order valence-corrected chi connectivity index (χ2v) is 12.7. The SMILES string of the molecule is NC(N/C(=C\Cc1cccc2oc3ccccc3c12)c1ccc(-c2cccc3c2ccc2cc4ccccc4cc23)cc1)c1ccccc1. The Hall–Kier alpha value is -6.16. The molecule has 0 radical (unpaired) electrons. The molecule has 1 aromatic heterocycles. The van der Waals surface area contributed by atoms with Gasteiger partial charge in [-0.25, -0.2) is 0 Å². The highest BCUT2D eigenvalue weighted by Crippen LogP contribution is 2.36. The van der Waals surface area contributed by atoms with Gasteiger partial charge in [-0.15, -0.1) is 0 Å². The van der Waals surface area contributed by atoms with Gasteiger partial charge < -0.3 is 15.5 Å². The van der Waals surface area contributed by atoms with Crippen LogP contribution in [0.2, 0.25) is 0 Å². The average Bonchev–Trinajstić information content (AvgIpc) is 3.55. The zero-order valence-electron chi connectivity index (χ0n) is 26.9. The van der Waals surface area contributed by atoms with E-state index in [1.165, 1.54) is 49.0 Å². The van der Waals surface area contributed by atoms with E-state index in [0.717, 1.165) is 45.2 Å². The molecule has 1 heterocycles. The lowest BCUT2D eigenvalue weighted by Crippen LogP contribution is -2.27. The molecule has 0 aliphatic heterocycles. The highest BCUT2D eigenvalue weighted by molar-refractivity contribution is 6.15. The van der Waals surface area contributed by atoms with E-state index in [0.29, 0.717) is 0 Å². The van der Waals surface area contributed by atoms with Crippen molar-refractivity contribution in [2.75, 3.05) is 0 Å². The summed E-state index contributed by atoms with van der Waals surface area (Å²) in [6, 6.07) is 57.9. The number of nitrogens with one attached hydrogen (secondary N) is 1. The van der Waals surface area contributed by atoms with E-state index >= 15 is 0 Å². The van der Waals surface area contributed by atoms with E-state index in [1.807, 2.05) is 36.4 Å². The molecule has 0 amide bonds. The van der Waals surface area contributed by atoms with Gasteiger partial charge in [0.25, 0.3) is 0 Å². The maximum atomic E-state index is 6.75. The summed E-state index contributed by atoms with van der Waals surface area (Å²) in [4.78, 5) is 0. The summed E-state index contributed by atoms with van der Waals surface area (Å²) in [7, 11) is 0. The van der Waals surface area contributed by atoms with Crippen molar-refractivity contribution in [3.63, 3.8) is 0 Å². The van der Waals surface area contributed by atoms with Gasteiger partial charge in [-0.2, -0.15) is 0 Å².